The number of carbonyl (C=O) groups excluding carboxylic acids is 1. The highest BCUT2D eigenvalue weighted by Crippen LogP contribution is 2.44. The summed E-state index contributed by atoms with van der Waals surface area (Å²) in [6.07, 6.45) is 1.80. The summed E-state index contributed by atoms with van der Waals surface area (Å²) in [6, 6.07) is 19.9. The van der Waals surface area contributed by atoms with Crippen molar-refractivity contribution in [2.24, 2.45) is 0 Å². The van der Waals surface area contributed by atoms with Gasteiger partial charge in [0.15, 0.2) is 0 Å². The molecule has 0 aliphatic carbocycles. The first-order valence-electron chi connectivity index (χ1n) is 10.8. The Balaban J connectivity index is 1.68. The van der Waals surface area contributed by atoms with Crippen LogP contribution in [0.15, 0.2) is 79.1 Å². The minimum Gasteiger partial charge on any atom is -0.497 e. The number of hydrogen-bond acceptors (Lipinski definition) is 6. The smallest absolute Gasteiger partial charge is 0.282 e. The number of halogens is 1. The van der Waals surface area contributed by atoms with Crippen molar-refractivity contribution >= 4 is 29.1 Å². The van der Waals surface area contributed by atoms with Gasteiger partial charge in [0.25, 0.3) is 11.6 Å². The number of para-hydroxylation sites is 1. The normalized spacial score (nSPS) is 17.0. The lowest BCUT2D eigenvalue weighted by Gasteiger charge is -2.39. The molecule has 5 rings (SSSR count). The predicted molar refractivity (Wildman–Crippen MR) is 130 cm³/mol. The zero-order valence-electron chi connectivity index (χ0n) is 18.6. The molecule has 35 heavy (non-hydrogen) atoms. The Morgan fingerprint density at radius 2 is 1.77 bits per heavy atom. The summed E-state index contributed by atoms with van der Waals surface area (Å²) in [6.45, 7) is 0. The molecule has 3 aromatic carbocycles. The molecule has 2 atom stereocenters. The van der Waals surface area contributed by atoms with Gasteiger partial charge in [0.05, 0.1) is 24.1 Å². The topological polar surface area (TPSA) is 103 Å². The molecule has 0 fully saturated rings. The van der Waals surface area contributed by atoms with Crippen LogP contribution in [0.4, 0.5) is 11.6 Å². The molecule has 1 aromatic heterocycles. The van der Waals surface area contributed by atoms with E-state index in [-0.39, 0.29) is 23.2 Å². The molecule has 0 saturated heterocycles. The minimum absolute atomic E-state index is 0.0262. The van der Waals surface area contributed by atoms with Gasteiger partial charge < -0.3 is 4.74 Å². The molecule has 0 N–H and O–H groups in total. The van der Waals surface area contributed by atoms with Gasteiger partial charge in [0, 0.05) is 11.1 Å². The van der Waals surface area contributed by atoms with Crippen LogP contribution in [0.1, 0.15) is 40.0 Å². The molecule has 0 saturated carbocycles. The number of nitro benzene ring substituents is 1. The molecule has 0 unspecified atom stereocenters. The number of nitro groups is 1. The molecular weight excluding hydrogens is 470 g/mol. The van der Waals surface area contributed by atoms with Gasteiger partial charge >= 0.3 is 0 Å². The Morgan fingerprint density at radius 3 is 2.49 bits per heavy atom. The Labute approximate surface area is 205 Å². The summed E-state index contributed by atoms with van der Waals surface area (Å²) in [5.41, 5.74) is 1.37. The van der Waals surface area contributed by atoms with E-state index in [2.05, 4.69) is 10.1 Å². The van der Waals surface area contributed by atoms with Gasteiger partial charge in [0.2, 0.25) is 5.95 Å². The molecular formula is C25H20ClN5O4. The molecule has 1 aliphatic heterocycles. The lowest BCUT2D eigenvalue weighted by atomic mass is 9.91. The molecule has 1 amide bonds. The summed E-state index contributed by atoms with van der Waals surface area (Å²) in [5.74, 6) is 0.419. The van der Waals surface area contributed by atoms with Crippen molar-refractivity contribution in [2.75, 3.05) is 12.0 Å². The first-order valence-corrected chi connectivity index (χ1v) is 11.2. The zero-order valence-corrected chi connectivity index (χ0v) is 19.4. The van der Waals surface area contributed by atoms with Crippen molar-refractivity contribution in [1.82, 2.24) is 14.8 Å². The SMILES string of the molecule is COc1ccc([C@H]2C[C@H](c3ccccc3Cl)n3ncnc3N2C(=O)c2ccccc2[N+](=O)[O-])cc1. The zero-order chi connectivity index (χ0) is 24.5. The second-order valence-electron chi connectivity index (χ2n) is 8.02. The van der Waals surface area contributed by atoms with Crippen molar-refractivity contribution in [3.63, 3.8) is 0 Å². The standard InChI is InChI=1S/C25H20ClN5O4/c1-35-17-12-10-16(11-13-17)22-14-23(18-6-2-4-8-20(18)26)30-25(27-15-28-30)29(22)24(32)19-7-3-5-9-21(19)31(33)34/h2-13,15,22-23H,14H2,1H3/t22-,23-/m1/s1. The number of methoxy groups -OCH3 is 1. The van der Waals surface area contributed by atoms with E-state index in [1.165, 1.54) is 29.4 Å². The van der Waals surface area contributed by atoms with E-state index in [4.69, 9.17) is 16.3 Å². The third-order valence-electron chi connectivity index (χ3n) is 6.14. The van der Waals surface area contributed by atoms with Crippen molar-refractivity contribution < 1.29 is 14.5 Å². The Morgan fingerprint density at radius 1 is 1.06 bits per heavy atom. The number of nitrogens with zero attached hydrogens (tertiary/aromatic N) is 5. The molecule has 4 aromatic rings. The van der Waals surface area contributed by atoms with Crippen LogP contribution >= 0.6 is 11.6 Å². The van der Waals surface area contributed by atoms with Gasteiger partial charge in [-0.25, -0.2) is 4.68 Å². The van der Waals surface area contributed by atoms with Crippen LogP contribution in [0.25, 0.3) is 0 Å². The van der Waals surface area contributed by atoms with Gasteiger partial charge in [-0.3, -0.25) is 19.8 Å². The van der Waals surface area contributed by atoms with Crippen LogP contribution in [0.2, 0.25) is 5.02 Å². The van der Waals surface area contributed by atoms with Crippen molar-refractivity contribution in [3.8, 4) is 5.75 Å². The van der Waals surface area contributed by atoms with E-state index < -0.39 is 16.9 Å². The van der Waals surface area contributed by atoms with Gasteiger partial charge in [-0.15, -0.1) is 0 Å². The fraction of sp³-hybridized carbons (Fsp3) is 0.160. The molecule has 0 bridgehead atoms. The number of ether oxygens (including phenoxy) is 1. The number of amides is 1. The average molecular weight is 490 g/mol. The van der Waals surface area contributed by atoms with Crippen molar-refractivity contribution in [3.05, 3.63) is 111 Å². The number of anilines is 1. The van der Waals surface area contributed by atoms with Crippen LogP contribution in [-0.2, 0) is 0 Å². The van der Waals surface area contributed by atoms with E-state index in [0.29, 0.717) is 17.2 Å². The van der Waals surface area contributed by atoms with Crippen LogP contribution in [-0.4, -0.2) is 32.7 Å². The Bertz CT molecular complexity index is 1410. The quantitative estimate of drug-likeness (QED) is 0.281. The maximum Gasteiger partial charge on any atom is 0.282 e. The molecule has 9 nitrogen and oxygen atoms in total. The fourth-order valence-corrected chi connectivity index (χ4v) is 4.75. The molecule has 0 spiro atoms. The number of hydrogen-bond donors (Lipinski definition) is 0. The number of benzene rings is 3. The van der Waals surface area contributed by atoms with Crippen LogP contribution in [0.5, 0.6) is 5.75 Å². The van der Waals surface area contributed by atoms with E-state index in [1.54, 1.807) is 23.9 Å². The molecule has 0 radical (unpaired) electrons. The van der Waals surface area contributed by atoms with E-state index in [9.17, 15) is 14.9 Å². The lowest BCUT2D eigenvalue weighted by molar-refractivity contribution is -0.385. The monoisotopic (exact) mass is 489 g/mol. The van der Waals surface area contributed by atoms with Gasteiger partial charge in [-0.05, 0) is 41.8 Å². The number of fused-ring (bicyclic) bond motifs is 1. The maximum absolute atomic E-state index is 13.9. The van der Waals surface area contributed by atoms with Gasteiger partial charge in [0.1, 0.15) is 17.6 Å². The van der Waals surface area contributed by atoms with E-state index in [1.807, 2.05) is 42.5 Å². The maximum atomic E-state index is 13.9. The van der Waals surface area contributed by atoms with E-state index >= 15 is 0 Å². The Hall–Kier alpha value is -4.24. The number of carbonyl (C=O) groups is 1. The highest BCUT2D eigenvalue weighted by atomic mass is 35.5. The summed E-state index contributed by atoms with van der Waals surface area (Å²) in [5, 5.41) is 16.6. The number of aromatic nitrogens is 3. The average Bonchev–Trinajstić information content (AvgIpc) is 3.38. The van der Waals surface area contributed by atoms with Crippen molar-refractivity contribution in [1.29, 1.82) is 0 Å². The van der Waals surface area contributed by atoms with Gasteiger partial charge in [-0.2, -0.15) is 10.1 Å². The van der Waals surface area contributed by atoms with Crippen LogP contribution in [0, 0.1) is 10.1 Å². The summed E-state index contributed by atoms with van der Waals surface area (Å²) in [7, 11) is 1.58. The first-order chi connectivity index (χ1) is 17.0. The second-order valence-corrected chi connectivity index (χ2v) is 8.42. The summed E-state index contributed by atoms with van der Waals surface area (Å²) < 4.78 is 6.94. The third-order valence-corrected chi connectivity index (χ3v) is 6.48. The second kappa shape index (κ2) is 9.19. The third kappa shape index (κ3) is 4.00. The largest absolute Gasteiger partial charge is 0.497 e. The van der Waals surface area contributed by atoms with E-state index in [0.717, 1.165) is 11.1 Å². The first kappa shape index (κ1) is 22.5. The van der Waals surface area contributed by atoms with Crippen LogP contribution < -0.4 is 9.64 Å². The molecule has 2 heterocycles. The molecule has 10 heteroatoms. The van der Waals surface area contributed by atoms with Gasteiger partial charge in [-0.1, -0.05) is 54.1 Å². The molecule has 1 aliphatic rings. The highest BCUT2D eigenvalue weighted by Gasteiger charge is 2.41. The molecule has 176 valence electrons. The predicted octanol–water partition coefficient (Wildman–Crippen LogP) is 5.23. The lowest BCUT2D eigenvalue weighted by Crippen LogP contribution is -2.43. The Kier molecular flexibility index (Phi) is 5.92. The number of rotatable bonds is 5. The minimum atomic E-state index is -0.559. The van der Waals surface area contributed by atoms with Crippen LogP contribution in [0.3, 0.4) is 0 Å². The van der Waals surface area contributed by atoms with Crippen molar-refractivity contribution in [2.45, 2.75) is 18.5 Å². The summed E-state index contributed by atoms with van der Waals surface area (Å²) in [4.78, 5) is 30.9. The highest BCUT2D eigenvalue weighted by molar-refractivity contribution is 6.31. The fourth-order valence-electron chi connectivity index (χ4n) is 4.48. The summed E-state index contributed by atoms with van der Waals surface area (Å²) >= 11 is 6.54.